The van der Waals surface area contributed by atoms with E-state index in [-0.39, 0.29) is 0 Å². The zero-order chi connectivity index (χ0) is 22.9. The second-order valence-electron chi connectivity index (χ2n) is 7.76. The van der Waals surface area contributed by atoms with Crippen molar-refractivity contribution in [3.8, 4) is 21.8 Å². The molecule has 0 saturated carbocycles. The molecule has 6 nitrogen and oxygen atoms in total. The summed E-state index contributed by atoms with van der Waals surface area (Å²) in [6.45, 7) is 12.3. The molecule has 2 N–H and O–H groups in total. The fraction of sp³-hybridized carbons (Fsp3) is 0.0769. The average Bonchev–Trinajstić information content (AvgIpc) is 3.57. The molecular weight excluding hydrogens is 428 g/mol. The topological polar surface area (TPSA) is 83.1 Å². The summed E-state index contributed by atoms with van der Waals surface area (Å²) in [7, 11) is 0. The number of fused-ring (bicyclic) bond motifs is 1. The number of allylic oxidation sites excluding steroid dienone is 2. The van der Waals surface area contributed by atoms with Crippen LogP contribution in [0, 0.1) is 0 Å². The molecule has 0 aliphatic heterocycles. The van der Waals surface area contributed by atoms with Gasteiger partial charge in [-0.1, -0.05) is 19.2 Å². The van der Waals surface area contributed by atoms with Crippen LogP contribution in [0.3, 0.4) is 0 Å². The fourth-order valence-electron chi connectivity index (χ4n) is 3.75. The average molecular weight is 451 g/mol. The normalized spacial score (nSPS) is 12.5. The van der Waals surface area contributed by atoms with Crippen molar-refractivity contribution in [2.75, 3.05) is 0 Å². The van der Waals surface area contributed by atoms with E-state index in [1.54, 1.807) is 23.7 Å². The van der Waals surface area contributed by atoms with Crippen molar-refractivity contribution in [2.24, 2.45) is 0 Å². The van der Waals surface area contributed by atoms with Gasteiger partial charge in [0.25, 0.3) is 0 Å². The first-order chi connectivity index (χ1) is 16.0. The maximum atomic E-state index is 4.61. The Morgan fingerprint density at radius 1 is 1.06 bits per heavy atom. The maximum Gasteiger partial charge on any atom is 0.116 e. The van der Waals surface area contributed by atoms with E-state index in [2.05, 4.69) is 61.5 Å². The molecule has 162 valence electrons. The van der Waals surface area contributed by atoms with E-state index in [0.717, 1.165) is 60.0 Å². The highest BCUT2D eigenvalue weighted by Gasteiger charge is 2.14. The number of aromatic nitrogens is 6. The summed E-state index contributed by atoms with van der Waals surface area (Å²) >= 11 is 1.72. The Hall–Kier alpha value is -4.10. The predicted molar refractivity (Wildman–Crippen MR) is 137 cm³/mol. The number of aromatic amines is 2. The van der Waals surface area contributed by atoms with Crippen LogP contribution in [0.4, 0.5) is 0 Å². The van der Waals surface area contributed by atoms with Crippen LogP contribution in [-0.4, -0.2) is 30.1 Å². The Morgan fingerprint density at radius 3 is 2.61 bits per heavy atom. The number of hydrogen-bond donors (Lipinski definition) is 2. The monoisotopic (exact) mass is 450 g/mol. The molecule has 5 heterocycles. The van der Waals surface area contributed by atoms with Gasteiger partial charge < -0.3 is 4.98 Å². The maximum absolute atomic E-state index is 4.61. The lowest BCUT2D eigenvalue weighted by atomic mass is 10.1. The minimum absolute atomic E-state index is 0.811. The van der Waals surface area contributed by atoms with Gasteiger partial charge in [0.05, 0.1) is 22.8 Å². The molecule has 5 rings (SSSR count). The third-order valence-electron chi connectivity index (χ3n) is 5.46. The predicted octanol–water partition coefficient (Wildman–Crippen LogP) is 4.80. The summed E-state index contributed by atoms with van der Waals surface area (Å²) in [6, 6.07) is 6.37. The van der Waals surface area contributed by atoms with Gasteiger partial charge in [0.1, 0.15) is 12.0 Å². The van der Waals surface area contributed by atoms with Crippen molar-refractivity contribution in [1.82, 2.24) is 30.1 Å². The van der Waals surface area contributed by atoms with Crippen molar-refractivity contribution in [3.63, 3.8) is 0 Å². The lowest BCUT2D eigenvalue weighted by Gasteiger charge is -1.99. The van der Waals surface area contributed by atoms with Crippen LogP contribution in [0.15, 0.2) is 62.5 Å². The highest BCUT2D eigenvalue weighted by Crippen LogP contribution is 2.36. The number of nitrogens with one attached hydrogen (secondary N) is 2. The van der Waals surface area contributed by atoms with Crippen molar-refractivity contribution in [1.29, 1.82) is 0 Å². The molecule has 5 aromatic heterocycles. The number of pyridine rings is 1. The Morgan fingerprint density at radius 2 is 1.88 bits per heavy atom. The molecule has 0 amide bonds. The molecule has 5 aromatic rings. The molecule has 0 aromatic carbocycles. The Labute approximate surface area is 194 Å². The van der Waals surface area contributed by atoms with E-state index in [9.17, 15) is 0 Å². The Bertz CT molecular complexity index is 1620. The van der Waals surface area contributed by atoms with Gasteiger partial charge in [0.2, 0.25) is 0 Å². The molecule has 33 heavy (non-hydrogen) atoms. The molecule has 0 aliphatic carbocycles. The standard InChI is InChI=1S/C26H22N6S/c1-5-21-19(8-16(4)17-10-28-14-29-11-17)26(32-31-21)22-9-18-20(12-27-13-23(18)30-22)25-7-6-24(33-25)15(2)3/h5-14,30-31H,2,4H2,1,3H3/b19-8+,21-5+. The molecule has 0 fully saturated rings. The minimum Gasteiger partial charge on any atom is -0.352 e. The van der Waals surface area contributed by atoms with Gasteiger partial charge in [0.15, 0.2) is 0 Å². The van der Waals surface area contributed by atoms with Crippen LogP contribution in [0.5, 0.6) is 0 Å². The van der Waals surface area contributed by atoms with Gasteiger partial charge in [-0.3, -0.25) is 10.1 Å². The van der Waals surface area contributed by atoms with E-state index < -0.39 is 0 Å². The summed E-state index contributed by atoms with van der Waals surface area (Å²) in [6.07, 6.45) is 12.8. The smallest absolute Gasteiger partial charge is 0.116 e. The first kappa shape index (κ1) is 20.8. The largest absolute Gasteiger partial charge is 0.352 e. The van der Waals surface area contributed by atoms with Crippen LogP contribution in [0.25, 0.3) is 56.0 Å². The number of H-pyrrole nitrogens is 2. The van der Waals surface area contributed by atoms with Gasteiger partial charge in [-0.15, -0.1) is 11.3 Å². The van der Waals surface area contributed by atoms with Gasteiger partial charge in [-0.05, 0) is 49.3 Å². The summed E-state index contributed by atoms with van der Waals surface area (Å²) in [5.74, 6) is 0. The van der Waals surface area contributed by atoms with E-state index >= 15 is 0 Å². The molecule has 0 atom stereocenters. The van der Waals surface area contributed by atoms with Crippen LogP contribution in [0.1, 0.15) is 24.3 Å². The molecule has 0 spiro atoms. The minimum atomic E-state index is 0.811. The second-order valence-corrected chi connectivity index (χ2v) is 8.84. The third kappa shape index (κ3) is 3.83. The quantitative estimate of drug-likeness (QED) is 0.403. The van der Waals surface area contributed by atoms with Crippen LogP contribution in [0.2, 0.25) is 0 Å². The number of rotatable bonds is 5. The van der Waals surface area contributed by atoms with Gasteiger partial charge in [-0.2, -0.15) is 5.10 Å². The summed E-state index contributed by atoms with van der Waals surface area (Å²) in [5.41, 5.74) is 6.50. The van der Waals surface area contributed by atoms with E-state index in [1.165, 1.54) is 11.2 Å². The van der Waals surface area contributed by atoms with E-state index in [0.29, 0.717) is 0 Å². The number of hydrogen-bond acceptors (Lipinski definition) is 5. The lowest BCUT2D eigenvalue weighted by molar-refractivity contribution is 1.06. The molecule has 0 saturated heterocycles. The lowest BCUT2D eigenvalue weighted by Crippen LogP contribution is -2.23. The van der Waals surface area contributed by atoms with Crippen molar-refractivity contribution < 1.29 is 0 Å². The van der Waals surface area contributed by atoms with Crippen molar-refractivity contribution in [2.45, 2.75) is 13.8 Å². The first-order valence-electron chi connectivity index (χ1n) is 10.4. The third-order valence-corrected chi connectivity index (χ3v) is 6.75. The van der Waals surface area contributed by atoms with Crippen LogP contribution in [-0.2, 0) is 0 Å². The Balaban J connectivity index is 1.65. The Kier molecular flexibility index (Phi) is 5.32. The van der Waals surface area contributed by atoms with Gasteiger partial charge >= 0.3 is 0 Å². The molecule has 0 aliphatic rings. The second kappa shape index (κ2) is 8.44. The zero-order valence-corrected chi connectivity index (χ0v) is 19.2. The first-order valence-corrected chi connectivity index (χ1v) is 11.3. The summed E-state index contributed by atoms with van der Waals surface area (Å²) < 4.78 is 0. The zero-order valence-electron chi connectivity index (χ0n) is 18.4. The van der Waals surface area contributed by atoms with Gasteiger partial charge in [-0.25, -0.2) is 9.97 Å². The molecule has 7 heteroatoms. The van der Waals surface area contributed by atoms with Crippen molar-refractivity contribution >= 4 is 45.5 Å². The molecule has 0 radical (unpaired) electrons. The number of thiophene rings is 1. The van der Waals surface area contributed by atoms with Crippen LogP contribution >= 0.6 is 11.3 Å². The van der Waals surface area contributed by atoms with Crippen molar-refractivity contribution in [3.05, 3.63) is 83.5 Å². The molecular formula is C26H22N6S. The SMILES string of the molecule is C=C(/C=c1/c(-c2cc3c(-c4ccc(C(=C)C)s4)cncc3[nH]2)n[nH]/c1=C/C)c1cncnc1. The highest BCUT2D eigenvalue weighted by molar-refractivity contribution is 7.16. The number of nitrogens with zero attached hydrogens (tertiary/aromatic N) is 4. The molecule has 0 unspecified atom stereocenters. The molecule has 0 bridgehead atoms. The van der Waals surface area contributed by atoms with Crippen LogP contribution < -0.4 is 10.6 Å². The van der Waals surface area contributed by atoms with E-state index in [4.69, 9.17) is 0 Å². The summed E-state index contributed by atoms with van der Waals surface area (Å²) in [4.78, 5) is 18.5. The summed E-state index contributed by atoms with van der Waals surface area (Å²) in [5, 5.41) is 10.7. The van der Waals surface area contributed by atoms with E-state index in [1.807, 2.05) is 38.4 Å². The fourth-order valence-corrected chi connectivity index (χ4v) is 4.70. The van der Waals surface area contributed by atoms with Gasteiger partial charge in [0, 0.05) is 50.1 Å². The highest BCUT2D eigenvalue weighted by atomic mass is 32.1.